The average Bonchev–Trinajstić information content (AvgIpc) is 2.36. The maximum absolute atomic E-state index is 5.86. The second-order valence-electron chi connectivity index (χ2n) is 3.94. The predicted octanol–water partition coefficient (Wildman–Crippen LogP) is 3.83. The summed E-state index contributed by atoms with van der Waals surface area (Å²) in [5.41, 5.74) is 2.07. The number of anilines is 1. The van der Waals surface area contributed by atoms with Crippen LogP contribution in [0.3, 0.4) is 0 Å². The number of benzene rings is 1. The summed E-state index contributed by atoms with van der Waals surface area (Å²) in [6.07, 6.45) is 0.694. The Labute approximate surface area is 120 Å². The van der Waals surface area contributed by atoms with E-state index in [1.165, 1.54) is 0 Å². The van der Waals surface area contributed by atoms with Gasteiger partial charge >= 0.3 is 0 Å². The molecule has 0 saturated carbocycles. The van der Waals surface area contributed by atoms with Crippen LogP contribution in [-0.4, -0.2) is 17.0 Å². The topological polar surface area (TPSA) is 37.8 Å². The maximum Gasteiger partial charge on any atom is 0.144 e. The molecule has 94 valence electrons. The molecule has 1 aromatic carbocycles. The van der Waals surface area contributed by atoms with Gasteiger partial charge in [0.1, 0.15) is 11.6 Å². The van der Waals surface area contributed by atoms with Gasteiger partial charge in [0, 0.05) is 18.5 Å². The third-order valence-electron chi connectivity index (χ3n) is 2.58. The SMILES string of the molecule is CNc1nc(Cc2ccc(Cl)cc2)nc(C)c1Br. The smallest absolute Gasteiger partial charge is 0.144 e. The van der Waals surface area contributed by atoms with Crippen molar-refractivity contribution in [3.8, 4) is 0 Å². The molecule has 18 heavy (non-hydrogen) atoms. The fourth-order valence-electron chi connectivity index (χ4n) is 1.65. The van der Waals surface area contributed by atoms with Gasteiger partial charge in [-0.1, -0.05) is 23.7 Å². The van der Waals surface area contributed by atoms with E-state index < -0.39 is 0 Å². The van der Waals surface area contributed by atoms with Gasteiger partial charge < -0.3 is 5.32 Å². The van der Waals surface area contributed by atoms with Gasteiger partial charge in [0.15, 0.2) is 0 Å². The minimum Gasteiger partial charge on any atom is -0.372 e. The minimum absolute atomic E-state index is 0.694. The van der Waals surface area contributed by atoms with E-state index in [9.17, 15) is 0 Å². The zero-order chi connectivity index (χ0) is 13.1. The Morgan fingerprint density at radius 3 is 2.50 bits per heavy atom. The van der Waals surface area contributed by atoms with Gasteiger partial charge in [0.2, 0.25) is 0 Å². The summed E-state index contributed by atoms with van der Waals surface area (Å²) in [5.74, 6) is 1.61. The van der Waals surface area contributed by atoms with Gasteiger partial charge in [-0.05, 0) is 40.5 Å². The van der Waals surface area contributed by atoms with E-state index >= 15 is 0 Å². The maximum atomic E-state index is 5.86. The van der Waals surface area contributed by atoms with Crippen LogP contribution in [0.15, 0.2) is 28.7 Å². The lowest BCUT2D eigenvalue weighted by atomic mass is 10.1. The van der Waals surface area contributed by atoms with Crippen molar-refractivity contribution in [3.05, 3.63) is 50.8 Å². The van der Waals surface area contributed by atoms with Crippen LogP contribution in [0.25, 0.3) is 0 Å². The molecular weight excluding hydrogens is 314 g/mol. The molecule has 2 rings (SSSR count). The second kappa shape index (κ2) is 5.67. The third kappa shape index (κ3) is 3.00. The van der Waals surface area contributed by atoms with E-state index in [0.29, 0.717) is 6.42 Å². The molecule has 0 fully saturated rings. The molecule has 1 heterocycles. The Morgan fingerprint density at radius 1 is 1.22 bits per heavy atom. The molecular formula is C13H13BrClN3. The number of rotatable bonds is 3. The third-order valence-corrected chi connectivity index (χ3v) is 3.78. The monoisotopic (exact) mass is 325 g/mol. The summed E-state index contributed by atoms with van der Waals surface area (Å²) in [7, 11) is 1.85. The Morgan fingerprint density at radius 2 is 1.89 bits per heavy atom. The van der Waals surface area contributed by atoms with Crippen LogP contribution < -0.4 is 5.32 Å². The van der Waals surface area contributed by atoms with Crippen molar-refractivity contribution >= 4 is 33.3 Å². The quantitative estimate of drug-likeness (QED) is 0.931. The van der Waals surface area contributed by atoms with Gasteiger partial charge in [0.05, 0.1) is 10.2 Å². The van der Waals surface area contributed by atoms with Crippen LogP contribution in [0.1, 0.15) is 17.1 Å². The van der Waals surface area contributed by atoms with Crippen molar-refractivity contribution < 1.29 is 0 Å². The Hall–Kier alpha value is -1.13. The normalized spacial score (nSPS) is 10.4. The summed E-state index contributed by atoms with van der Waals surface area (Å²) < 4.78 is 0.907. The molecule has 0 aliphatic heterocycles. The molecule has 0 amide bonds. The molecule has 5 heteroatoms. The lowest BCUT2D eigenvalue weighted by molar-refractivity contribution is 0.936. The fourth-order valence-corrected chi connectivity index (χ4v) is 2.15. The van der Waals surface area contributed by atoms with Crippen molar-refractivity contribution in [1.82, 2.24) is 9.97 Å². The molecule has 0 radical (unpaired) electrons. The van der Waals surface area contributed by atoms with E-state index in [-0.39, 0.29) is 0 Å². The lowest BCUT2D eigenvalue weighted by Gasteiger charge is -2.08. The summed E-state index contributed by atoms with van der Waals surface area (Å²) in [4.78, 5) is 8.94. The molecule has 1 N–H and O–H groups in total. The standard InChI is InChI=1S/C13H13BrClN3/c1-8-12(14)13(16-2)18-11(17-8)7-9-3-5-10(15)6-4-9/h3-6H,7H2,1-2H3,(H,16,17,18). The van der Waals surface area contributed by atoms with Crippen LogP contribution in [0.5, 0.6) is 0 Å². The summed E-state index contributed by atoms with van der Waals surface area (Å²) in [5, 5.41) is 3.79. The van der Waals surface area contributed by atoms with Crippen LogP contribution in [0.4, 0.5) is 5.82 Å². The van der Waals surface area contributed by atoms with E-state index in [4.69, 9.17) is 11.6 Å². The predicted molar refractivity (Wildman–Crippen MR) is 78.3 cm³/mol. The number of aromatic nitrogens is 2. The zero-order valence-electron chi connectivity index (χ0n) is 10.2. The molecule has 3 nitrogen and oxygen atoms in total. The first-order valence-electron chi connectivity index (χ1n) is 5.55. The Bertz CT molecular complexity index is 555. The molecule has 2 aromatic rings. The van der Waals surface area contributed by atoms with Crippen molar-refractivity contribution in [2.24, 2.45) is 0 Å². The number of halogens is 2. The summed E-state index contributed by atoms with van der Waals surface area (Å²) in [6.45, 7) is 1.96. The van der Waals surface area contributed by atoms with Crippen LogP contribution in [0.2, 0.25) is 5.02 Å². The van der Waals surface area contributed by atoms with Crippen LogP contribution in [-0.2, 0) is 6.42 Å². The van der Waals surface area contributed by atoms with Crippen LogP contribution in [0, 0.1) is 6.92 Å². The number of nitrogens with zero attached hydrogens (tertiary/aromatic N) is 2. The van der Waals surface area contributed by atoms with Crippen molar-refractivity contribution in [2.45, 2.75) is 13.3 Å². The Kier molecular flexibility index (Phi) is 4.19. The van der Waals surface area contributed by atoms with Gasteiger partial charge in [-0.25, -0.2) is 9.97 Å². The second-order valence-corrected chi connectivity index (χ2v) is 5.17. The van der Waals surface area contributed by atoms with Gasteiger partial charge in [-0.2, -0.15) is 0 Å². The highest BCUT2D eigenvalue weighted by Gasteiger charge is 2.08. The highest BCUT2D eigenvalue weighted by molar-refractivity contribution is 9.10. The van der Waals surface area contributed by atoms with Gasteiger partial charge in [0.25, 0.3) is 0 Å². The molecule has 0 bridgehead atoms. The summed E-state index contributed by atoms with van der Waals surface area (Å²) in [6, 6.07) is 7.73. The first-order chi connectivity index (χ1) is 8.60. The van der Waals surface area contributed by atoms with Gasteiger partial charge in [-0.3, -0.25) is 0 Å². The summed E-state index contributed by atoms with van der Waals surface area (Å²) >= 11 is 9.33. The largest absolute Gasteiger partial charge is 0.372 e. The van der Waals surface area contributed by atoms with Crippen molar-refractivity contribution in [3.63, 3.8) is 0 Å². The number of aryl methyl sites for hydroxylation is 1. The van der Waals surface area contributed by atoms with Crippen molar-refractivity contribution in [1.29, 1.82) is 0 Å². The Balaban J connectivity index is 2.29. The fraction of sp³-hybridized carbons (Fsp3) is 0.231. The van der Waals surface area contributed by atoms with E-state index in [2.05, 4.69) is 31.2 Å². The first kappa shape index (κ1) is 13.3. The number of hydrogen-bond acceptors (Lipinski definition) is 3. The molecule has 0 aliphatic carbocycles. The van der Waals surface area contributed by atoms with E-state index in [1.54, 1.807) is 0 Å². The number of hydrogen-bond donors (Lipinski definition) is 1. The molecule has 0 saturated heterocycles. The molecule has 0 unspecified atom stereocenters. The average molecular weight is 327 g/mol. The lowest BCUT2D eigenvalue weighted by Crippen LogP contribution is -2.04. The zero-order valence-corrected chi connectivity index (χ0v) is 12.5. The van der Waals surface area contributed by atoms with E-state index in [1.807, 2.05) is 38.2 Å². The highest BCUT2D eigenvalue weighted by Crippen LogP contribution is 2.23. The van der Waals surface area contributed by atoms with E-state index in [0.717, 1.165) is 32.4 Å². The molecule has 0 aliphatic rings. The van der Waals surface area contributed by atoms with Gasteiger partial charge in [-0.15, -0.1) is 0 Å². The minimum atomic E-state index is 0.694. The molecule has 0 atom stereocenters. The molecule has 0 spiro atoms. The van der Waals surface area contributed by atoms with Crippen molar-refractivity contribution in [2.75, 3.05) is 12.4 Å². The molecule has 1 aromatic heterocycles. The first-order valence-corrected chi connectivity index (χ1v) is 6.72. The number of nitrogens with one attached hydrogen (secondary N) is 1. The van der Waals surface area contributed by atoms with Crippen LogP contribution >= 0.6 is 27.5 Å². The highest BCUT2D eigenvalue weighted by atomic mass is 79.9.